The zero-order valence-electron chi connectivity index (χ0n) is 12.0. The van der Waals surface area contributed by atoms with Crippen LogP contribution in [0.25, 0.3) is 0 Å². The van der Waals surface area contributed by atoms with E-state index in [1.807, 2.05) is 61.5 Å². The maximum atomic E-state index is 11.6. The second-order valence-corrected chi connectivity index (χ2v) is 4.87. The van der Waals surface area contributed by atoms with Crippen LogP contribution in [0.1, 0.15) is 22.8 Å². The average molecular weight is 285 g/mol. The molecule has 0 fully saturated rings. The molecule has 0 aliphatic carbocycles. The predicted octanol–water partition coefficient (Wildman–Crippen LogP) is 2.95. The van der Waals surface area contributed by atoms with E-state index in [4.69, 9.17) is 4.74 Å². The van der Waals surface area contributed by atoms with Crippen molar-refractivity contribution in [3.05, 3.63) is 71.3 Å². The van der Waals surface area contributed by atoms with Crippen LogP contribution in [0.4, 0.5) is 4.79 Å². The van der Waals surface area contributed by atoms with Gasteiger partial charge in [-0.25, -0.2) is 4.79 Å². The Balaban J connectivity index is 1.74. The molecule has 110 valence electrons. The van der Waals surface area contributed by atoms with Gasteiger partial charge in [0.15, 0.2) is 0 Å². The van der Waals surface area contributed by atoms with E-state index in [0.29, 0.717) is 0 Å². The molecular formula is C17H19NO3. The quantitative estimate of drug-likeness (QED) is 0.888. The number of alkyl carbamates (subject to hydrolysis) is 1. The van der Waals surface area contributed by atoms with E-state index < -0.39 is 12.2 Å². The number of aliphatic hydroxyl groups excluding tert-OH is 1. The molecule has 0 aliphatic rings. The van der Waals surface area contributed by atoms with Crippen LogP contribution >= 0.6 is 0 Å². The smallest absolute Gasteiger partial charge is 0.407 e. The summed E-state index contributed by atoms with van der Waals surface area (Å²) >= 11 is 0. The van der Waals surface area contributed by atoms with Crippen LogP contribution in [0.2, 0.25) is 0 Å². The molecule has 21 heavy (non-hydrogen) atoms. The van der Waals surface area contributed by atoms with Gasteiger partial charge in [0.05, 0.1) is 12.6 Å². The van der Waals surface area contributed by atoms with E-state index in [-0.39, 0.29) is 13.2 Å². The fourth-order valence-electron chi connectivity index (χ4n) is 1.86. The Kier molecular flexibility index (Phi) is 5.35. The molecule has 2 N–H and O–H groups in total. The van der Waals surface area contributed by atoms with Gasteiger partial charge in [-0.15, -0.1) is 0 Å². The molecule has 0 aliphatic heterocycles. The fraction of sp³-hybridized carbons (Fsp3) is 0.235. The summed E-state index contributed by atoms with van der Waals surface area (Å²) in [6.45, 7) is 2.32. The van der Waals surface area contributed by atoms with Crippen molar-refractivity contribution in [3.63, 3.8) is 0 Å². The highest BCUT2D eigenvalue weighted by molar-refractivity contribution is 5.67. The summed E-state index contributed by atoms with van der Waals surface area (Å²) in [5.74, 6) is 0. The normalized spacial score (nSPS) is 11.7. The number of nitrogens with one attached hydrogen (secondary N) is 1. The number of amides is 1. The molecule has 2 aromatic carbocycles. The second-order valence-electron chi connectivity index (χ2n) is 4.87. The Hall–Kier alpha value is -2.33. The minimum Gasteiger partial charge on any atom is -0.445 e. The number of benzene rings is 2. The lowest BCUT2D eigenvalue weighted by Gasteiger charge is -2.12. The first-order valence-corrected chi connectivity index (χ1v) is 6.84. The third-order valence-electron chi connectivity index (χ3n) is 3.11. The molecule has 0 heterocycles. The van der Waals surface area contributed by atoms with Gasteiger partial charge in [-0.2, -0.15) is 0 Å². The number of hydrogen-bond acceptors (Lipinski definition) is 3. The standard InChI is InChI=1S/C17H19NO3/c1-13-7-9-15(10-8-13)16(19)11-18-17(20)21-12-14-5-3-2-4-6-14/h2-10,16,19H,11-12H2,1H3,(H,18,20)/t16-/m1/s1. The maximum absolute atomic E-state index is 11.6. The Bertz CT molecular complexity index is 566. The highest BCUT2D eigenvalue weighted by atomic mass is 16.5. The van der Waals surface area contributed by atoms with Crippen LogP contribution in [-0.4, -0.2) is 17.7 Å². The van der Waals surface area contributed by atoms with Crippen LogP contribution < -0.4 is 5.32 Å². The topological polar surface area (TPSA) is 58.6 Å². The third-order valence-corrected chi connectivity index (χ3v) is 3.11. The zero-order valence-corrected chi connectivity index (χ0v) is 12.0. The minimum absolute atomic E-state index is 0.122. The van der Waals surface area contributed by atoms with E-state index in [2.05, 4.69) is 5.32 Å². The molecule has 2 aromatic rings. The summed E-state index contributed by atoms with van der Waals surface area (Å²) in [5.41, 5.74) is 2.82. The SMILES string of the molecule is Cc1ccc([C@H](O)CNC(=O)OCc2ccccc2)cc1. The molecule has 1 amide bonds. The largest absolute Gasteiger partial charge is 0.445 e. The zero-order chi connectivity index (χ0) is 15.1. The molecule has 2 rings (SSSR count). The van der Waals surface area contributed by atoms with Crippen LogP contribution in [0.5, 0.6) is 0 Å². The Morgan fingerprint density at radius 1 is 1.14 bits per heavy atom. The van der Waals surface area contributed by atoms with Gasteiger partial charge in [0.2, 0.25) is 0 Å². The molecule has 0 saturated heterocycles. The van der Waals surface area contributed by atoms with Gasteiger partial charge < -0.3 is 15.2 Å². The van der Waals surface area contributed by atoms with Crippen molar-refractivity contribution in [1.29, 1.82) is 0 Å². The van der Waals surface area contributed by atoms with E-state index in [9.17, 15) is 9.90 Å². The first-order chi connectivity index (χ1) is 10.1. The van der Waals surface area contributed by atoms with Gasteiger partial charge >= 0.3 is 6.09 Å². The van der Waals surface area contributed by atoms with E-state index >= 15 is 0 Å². The third kappa shape index (κ3) is 4.93. The van der Waals surface area contributed by atoms with Crippen molar-refractivity contribution in [2.75, 3.05) is 6.54 Å². The lowest BCUT2D eigenvalue weighted by atomic mass is 10.1. The first kappa shape index (κ1) is 15.1. The molecule has 0 radical (unpaired) electrons. The van der Waals surface area contributed by atoms with Crippen molar-refractivity contribution in [1.82, 2.24) is 5.32 Å². The molecule has 0 saturated carbocycles. The predicted molar refractivity (Wildman–Crippen MR) is 80.8 cm³/mol. The van der Waals surface area contributed by atoms with Gasteiger partial charge in [-0.3, -0.25) is 0 Å². The Morgan fingerprint density at radius 2 is 1.81 bits per heavy atom. The highest BCUT2D eigenvalue weighted by Crippen LogP contribution is 2.12. The fourth-order valence-corrected chi connectivity index (χ4v) is 1.86. The maximum Gasteiger partial charge on any atom is 0.407 e. The summed E-state index contributed by atoms with van der Waals surface area (Å²) in [7, 11) is 0. The molecule has 4 heteroatoms. The molecule has 0 spiro atoms. The number of carbonyl (C=O) groups excluding carboxylic acids is 1. The number of aryl methyl sites for hydroxylation is 1. The first-order valence-electron chi connectivity index (χ1n) is 6.84. The van der Waals surface area contributed by atoms with Crippen LogP contribution in [0.3, 0.4) is 0 Å². The van der Waals surface area contributed by atoms with Crippen LogP contribution in [0, 0.1) is 6.92 Å². The molecular weight excluding hydrogens is 266 g/mol. The number of rotatable bonds is 5. The lowest BCUT2D eigenvalue weighted by molar-refractivity contribution is 0.126. The van der Waals surface area contributed by atoms with Crippen molar-refractivity contribution in [2.24, 2.45) is 0 Å². The lowest BCUT2D eigenvalue weighted by Crippen LogP contribution is -2.28. The molecule has 0 bridgehead atoms. The number of ether oxygens (including phenoxy) is 1. The summed E-state index contributed by atoms with van der Waals surface area (Å²) in [6.07, 6.45) is -1.28. The van der Waals surface area contributed by atoms with Gasteiger partial charge in [0, 0.05) is 0 Å². The number of carbonyl (C=O) groups is 1. The van der Waals surface area contributed by atoms with Gasteiger partial charge in [-0.1, -0.05) is 60.2 Å². The summed E-state index contributed by atoms with van der Waals surface area (Å²) in [4.78, 5) is 11.6. The summed E-state index contributed by atoms with van der Waals surface area (Å²) < 4.78 is 5.07. The van der Waals surface area contributed by atoms with E-state index in [1.165, 1.54) is 0 Å². The number of aliphatic hydroxyl groups is 1. The Morgan fingerprint density at radius 3 is 2.48 bits per heavy atom. The van der Waals surface area contributed by atoms with E-state index in [0.717, 1.165) is 16.7 Å². The molecule has 0 unspecified atom stereocenters. The highest BCUT2D eigenvalue weighted by Gasteiger charge is 2.09. The van der Waals surface area contributed by atoms with Crippen LogP contribution in [-0.2, 0) is 11.3 Å². The number of hydrogen-bond donors (Lipinski definition) is 2. The van der Waals surface area contributed by atoms with Crippen molar-refractivity contribution in [3.8, 4) is 0 Å². The van der Waals surface area contributed by atoms with Gasteiger partial charge in [-0.05, 0) is 18.1 Å². The van der Waals surface area contributed by atoms with E-state index in [1.54, 1.807) is 0 Å². The summed E-state index contributed by atoms with van der Waals surface area (Å²) in [6, 6.07) is 17.0. The second kappa shape index (κ2) is 7.45. The summed E-state index contributed by atoms with van der Waals surface area (Å²) in [5, 5.41) is 12.5. The van der Waals surface area contributed by atoms with Gasteiger partial charge in [0.1, 0.15) is 6.61 Å². The monoisotopic (exact) mass is 285 g/mol. The van der Waals surface area contributed by atoms with Crippen LogP contribution in [0.15, 0.2) is 54.6 Å². The molecule has 0 aromatic heterocycles. The average Bonchev–Trinajstić information content (AvgIpc) is 2.52. The molecule has 1 atom stereocenters. The van der Waals surface area contributed by atoms with Crippen molar-refractivity contribution in [2.45, 2.75) is 19.6 Å². The van der Waals surface area contributed by atoms with Crippen molar-refractivity contribution < 1.29 is 14.6 Å². The molecule has 4 nitrogen and oxygen atoms in total. The Labute approximate surface area is 124 Å². The minimum atomic E-state index is -0.741. The van der Waals surface area contributed by atoms with Gasteiger partial charge in [0.25, 0.3) is 0 Å². The van der Waals surface area contributed by atoms with Crippen molar-refractivity contribution >= 4 is 6.09 Å².